The van der Waals surface area contributed by atoms with Gasteiger partial charge < -0.3 is 52.7 Å². The normalized spacial score (nSPS) is 15.4. The van der Waals surface area contributed by atoms with E-state index in [9.17, 15) is 49.2 Å². The highest BCUT2D eigenvalue weighted by Gasteiger charge is 2.34. The molecule has 19 nitrogen and oxygen atoms in total. The Morgan fingerprint density at radius 3 is 1.81 bits per heavy atom. The number of benzene rings is 2. The molecule has 0 saturated carbocycles. The number of aliphatic hydroxyl groups excluding tert-OH is 2. The predicted octanol–water partition coefficient (Wildman–Crippen LogP) is -0.606. The summed E-state index contributed by atoms with van der Waals surface area (Å²) in [6, 6.07) is 5.07. The minimum atomic E-state index is -1.66. The number of carboxylic acid groups (broad SMARTS) is 1. The van der Waals surface area contributed by atoms with Crippen LogP contribution in [0.5, 0.6) is 5.75 Å². The molecule has 0 spiro atoms. The lowest BCUT2D eigenvalue weighted by atomic mass is 9.96. The van der Waals surface area contributed by atoms with E-state index in [1.165, 1.54) is 38.1 Å². The molecular weight excluding hydrogens is 694 g/mol. The molecule has 0 aliphatic rings. The lowest BCUT2D eigenvalue weighted by Gasteiger charge is -2.28. The number of nitrogens with two attached hydrogens (primary N) is 1. The number of phenols is 1. The molecule has 8 atom stereocenters. The van der Waals surface area contributed by atoms with Crippen LogP contribution in [0.1, 0.15) is 45.2 Å². The second kappa shape index (κ2) is 20.9. The maximum Gasteiger partial charge on any atom is 0.328 e. The number of aliphatic hydroxyl groups is 2. The molecule has 0 heterocycles. The monoisotopic (exact) mass is 741 g/mol. The molecule has 19 heteroatoms. The Balaban J connectivity index is 2.21. The van der Waals surface area contributed by atoms with Crippen molar-refractivity contribution >= 4 is 41.2 Å². The number of nitrogens with zero attached hydrogens (tertiary/aromatic N) is 3. The third kappa shape index (κ3) is 14.1. The van der Waals surface area contributed by atoms with Crippen LogP contribution >= 0.6 is 0 Å². The molecular formula is C34H47N9O10. The summed E-state index contributed by atoms with van der Waals surface area (Å²) in [4.78, 5) is 80.0. The summed E-state index contributed by atoms with van der Waals surface area (Å²) in [6.07, 6.45) is -2.58. The molecule has 2 aromatic rings. The first-order valence-corrected chi connectivity index (χ1v) is 16.7. The number of carbonyl (C=O) groups is 6. The van der Waals surface area contributed by atoms with Gasteiger partial charge in [0.25, 0.3) is 0 Å². The molecule has 288 valence electrons. The molecule has 53 heavy (non-hydrogen) atoms. The maximum atomic E-state index is 13.7. The van der Waals surface area contributed by atoms with Crippen molar-refractivity contribution in [1.82, 2.24) is 26.6 Å². The van der Waals surface area contributed by atoms with E-state index in [1.54, 1.807) is 38.1 Å². The first-order chi connectivity index (χ1) is 25.0. The van der Waals surface area contributed by atoms with Gasteiger partial charge in [-0.15, -0.1) is 0 Å². The third-order valence-corrected chi connectivity index (χ3v) is 8.24. The fraction of sp³-hybridized carbons (Fsp3) is 0.471. The standard InChI is InChI=1S/C34H47N9O10/c1-5-17(2)27(33(51)41-29(19(4)45)34(52)53)39-31(49)25(15-21-6-10-22(11-7-21)42-43-36)38-26(47)16-37-32(50)28(18(3)44)40-30(48)24(35)14-20-8-12-23(46)13-9-20/h6-13,17-19,24-25,27-29,44-46H,5,14-16,35H2,1-4H3,(H,37,50)(H,38,47)(H,39,49)(H,40,48)(H,41,51)(H,52,53)/t17?,18-,19+,24-,25-,27-,28+,29-/m0/s1. The smallest absolute Gasteiger partial charge is 0.328 e. The maximum absolute atomic E-state index is 13.7. The number of aliphatic carboxylic acids is 1. The molecule has 0 aromatic heterocycles. The third-order valence-electron chi connectivity index (χ3n) is 8.24. The van der Waals surface area contributed by atoms with Crippen LogP contribution in [-0.4, -0.2) is 105 Å². The number of azide groups is 1. The van der Waals surface area contributed by atoms with Gasteiger partial charge in [-0.2, -0.15) is 0 Å². The Bertz CT molecular complexity index is 1630. The highest BCUT2D eigenvalue weighted by Crippen LogP contribution is 2.16. The summed E-state index contributed by atoms with van der Waals surface area (Å²) in [6.45, 7) is 5.09. The number of nitrogens with one attached hydrogen (secondary N) is 5. The van der Waals surface area contributed by atoms with Gasteiger partial charge in [-0.25, -0.2) is 4.79 Å². The van der Waals surface area contributed by atoms with Gasteiger partial charge in [0.2, 0.25) is 29.5 Å². The van der Waals surface area contributed by atoms with Gasteiger partial charge >= 0.3 is 5.97 Å². The Hall–Kier alpha value is -5.75. The van der Waals surface area contributed by atoms with E-state index in [2.05, 4.69) is 36.6 Å². The van der Waals surface area contributed by atoms with Gasteiger partial charge in [-0.3, -0.25) is 24.0 Å². The summed E-state index contributed by atoms with van der Waals surface area (Å²) < 4.78 is 0. The topological polar surface area (TPSA) is 318 Å². The average Bonchev–Trinajstić information content (AvgIpc) is 3.11. The number of amides is 5. The number of rotatable bonds is 20. The summed E-state index contributed by atoms with van der Waals surface area (Å²) >= 11 is 0. The zero-order chi connectivity index (χ0) is 39.8. The van der Waals surface area contributed by atoms with Crippen LogP contribution in [0.4, 0.5) is 5.69 Å². The van der Waals surface area contributed by atoms with Crippen molar-refractivity contribution in [3.63, 3.8) is 0 Å². The largest absolute Gasteiger partial charge is 0.508 e. The molecule has 0 fully saturated rings. The van der Waals surface area contributed by atoms with Crippen LogP contribution in [0, 0.1) is 5.92 Å². The zero-order valence-electron chi connectivity index (χ0n) is 29.7. The van der Waals surface area contributed by atoms with E-state index in [1.807, 2.05) is 0 Å². The Kier molecular flexibility index (Phi) is 17.2. The van der Waals surface area contributed by atoms with Gasteiger partial charge in [-0.1, -0.05) is 61.8 Å². The SMILES string of the molecule is CCC(C)[C@H](NC(=O)[C@H](Cc1ccc(N=[N+]=[N-])cc1)NC(=O)CNC(=O)[C@H](NC(=O)[C@@H](N)Cc1ccc(O)cc1)[C@H](C)O)C(=O)N[C@H](C(=O)O)[C@@H](C)O. The van der Waals surface area contributed by atoms with Crippen LogP contribution in [0.2, 0.25) is 0 Å². The van der Waals surface area contributed by atoms with Gasteiger partial charge in [0, 0.05) is 17.0 Å². The van der Waals surface area contributed by atoms with E-state index < -0.39 is 90.4 Å². The average molecular weight is 742 g/mol. The van der Waals surface area contributed by atoms with Crippen molar-refractivity contribution in [2.24, 2.45) is 16.8 Å². The van der Waals surface area contributed by atoms with Crippen LogP contribution in [0.3, 0.4) is 0 Å². The number of phenolic OH excluding ortho intramolecular Hbond substituents is 1. The molecule has 0 bridgehead atoms. The molecule has 2 aromatic carbocycles. The van der Waals surface area contributed by atoms with Crippen LogP contribution in [0.15, 0.2) is 53.6 Å². The van der Waals surface area contributed by atoms with E-state index in [0.717, 1.165) is 0 Å². The highest BCUT2D eigenvalue weighted by atomic mass is 16.4. The molecule has 5 amide bonds. The number of carboxylic acids is 1. The van der Waals surface area contributed by atoms with E-state index >= 15 is 0 Å². The fourth-order valence-corrected chi connectivity index (χ4v) is 4.95. The Morgan fingerprint density at radius 2 is 1.28 bits per heavy atom. The quantitative estimate of drug-likeness (QED) is 0.0464. The van der Waals surface area contributed by atoms with Crippen molar-refractivity contribution in [2.75, 3.05) is 6.54 Å². The second-order valence-corrected chi connectivity index (χ2v) is 12.5. The molecule has 0 radical (unpaired) electrons. The minimum Gasteiger partial charge on any atom is -0.508 e. The zero-order valence-corrected chi connectivity index (χ0v) is 29.7. The number of hydrogen-bond donors (Lipinski definition) is 10. The first kappa shape index (κ1) is 43.4. The van der Waals surface area contributed by atoms with Crippen molar-refractivity contribution < 1.29 is 49.2 Å². The number of hydrogen-bond acceptors (Lipinski definition) is 11. The lowest BCUT2D eigenvalue weighted by Crippen LogP contribution is -2.60. The van der Waals surface area contributed by atoms with Crippen molar-refractivity contribution in [1.29, 1.82) is 0 Å². The van der Waals surface area contributed by atoms with Crippen molar-refractivity contribution in [3.05, 3.63) is 70.1 Å². The Morgan fingerprint density at radius 1 is 0.755 bits per heavy atom. The molecule has 0 saturated heterocycles. The van der Waals surface area contributed by atoms with Crippen LogP contribution < -0.4 is 32.3 Å². The van der Waals surface area contributed by atoms with Gasteiger partial charge in [0.05, 0.1) is 24.8 Å². The van der Waals surface area contributed by atoms with Crippen LogP contribution in [0.25, 0.3) is 10.4 Å². The summed E-state index contributed by atoms with van der Waals surface area (Å²) in [7, 11) is 0. The predicted molar refractivity (Wildman–Crippen MR) is 190 cm³/mol. The second-order valence-electron chi connectivity index (χ2n) is 12.5. The highest BCUT2D eigenvalue weighted by molar-refractivity contribution is 5.95. The van der Waals surface area contributed by atoms with Gasteiger partial charge in [0.1, 0.15) is 23.9 Å². The summed E-state index contributed by atoms with van der Waals surface area (Å²) in [5.41, 5.74) is 16.1. The minimum absolute atomic E-state index is 0.0248. The van der Waals surface area contributed by atoms with Crippen molar-refractivity contribution in [2.45, 2.75) is 89.4 Å². The summed E-state index contributed by atoms with van der Waals surface area (Å²) in [5, 5.41) is 54.4. The van der Waals surface area contributed by atoms with Crippen LogP contribution in [-0.2, 0) is 41.6 Å². The number of carbonyl (C=O) groups excluding carboxylic acids is 5. The lowest BCUT2D eigenvalue weighted by molar-refractivity contribution is -0.145. The van der Waals surface area contributed by atoms with E-state index in [0.29, 0.717) is 17.5 Å². The van der Waals surface area contributed by atoms with Gasteiger partial charge in [0.15, 0.2) is 6.04 Å². The van der Waals surface area contributed by atoms with Gasteiger partial charge in [-0.05, 0) is 55.0 Å². The Labute approximate surface area is 305 Å². The molecule has 0 aliphatic carbocycles. The molecule has 1 unspecified atom stereocenters. The first-order valence-electron chi connectivity index (χ1n) is 16.7. The van der Waals surface area contributed by atoms with E-state index in [-0.39, 0.29) is 24.3 Å². The van der Waals surface area contributed by atoms with E-state index in [4.69, 9.17) is 11.3 Å². The fourth-order valence-electron chi connectivity index (χ4n) is 4.95. The number of aromatic hydroxyl groups is 1. The summed E-state index contributed by atoms with van der Waals surface area (Å²) in [5.74, 6) is -6.29. The molecule has 2 rings (SSSR count). The molecule has 0 aliphatic heterocycles. The van der Waals surface area contributed by atoms with Crippen molar-refractivity contribution in [3.8, 4) is 5.75 Å². The molecule has 11 N–H and O–H groups in total.